The van der Waals surface area contributed by atoms with Crippen LogP contribution < -0.4 is 5.32 Å². The summed E-state index contributed by atoms with van der Waals surface area (Å²) in [5, 5.41) is 2.90. The van der Waals surface area contributed by atoms with Crippen LogP contribution in [-0.4, -0.2) is 72.0 Å². The van der Waals surface area contributed by atoms with Gasteiger partial charge in [0.25, 0.3) is 0 Å². The van der Waals surface area contributed by atoms with Gasteiger partial charge in [-0.3, -0.25) is 14.6 Å². The molecule has 148 valence electrons. The average molecular weight is 376 g/mol. The standard InChI is InChI=1S/C19H28N4O4/c1-3-27-19(26)23-12-7-16(8-13-23)21-17(24)14-18(25)22(2)11-6-15-4-9-20-10-5-15/h4-5,9-10,16H,3,6-8,11-14H2,1-2H3,(H,21,24). The van der Waals surface area contributed by atoms with Crippen molar-refractivity contribution in [1.29, 1.82) is 0 Å². The molecule has 27 heavy (non-hydrogen) atoms. The summed E-state index contributed by atoms with van der Waals surface area (Å²) in [5.74, 6) is -0.476. The Morgan fingerprint density at radius 3 is 2.56 bits per heavy atom. The number of carbonyl (C=O) groups excluding carboxylic acids is 3. The molecule has 1 aromatic heterocycles. The van der Waals surface area contributed by atoms with Gasteiger partial charge in [0.15, 0.2) is 0 Å². The minimum Gasteiger partial charge on any atom is -0.450 e. The molecule has 2 heterocycles. The van der Waals surface area contributed by atoms with Gasteiger partial charge >= 0.3 is 6.09 Å². The molecule has 0 spiro atoms. The van der Waals surface area contributed by atoms with Crippen LogP contribution in [-0.2, 0) is 20.7 Å². The number of nitrogens with one attached hydrogen (secondary N) is 1. The van der Waals surface area contributed by atoms with Crippen molar-refractivity contribution in [3.8, 4) is 0 Å². The number of pyridine rings is 1. The fourth-order valence-electron chi connectivity index (χ4n) is 2.94. The zero-order chi connectivity index (χ0) is 19.6. The van der Waals surface area contributed by atoms with Crippen LogP contribution in [0.25, 0.3) is 0 Å². The van der Waals surface area contributed by atoms with E-state index in [4.69, 9.17) is 4.74 Å². The monoisotopic (exact) mass is 376 g/mol. The smallest absolute Gasteiger partial charge is 0.409 e. The van der Waals surface area contributed by atoms with Crippen LogP contribution in [0.4, 0.5) is 4.79 Å². The Balaban J connectivity index is 1.67. The van der Waals surface area contributed by atoms with Crippen LogP contribution in [0.2, 0.25) is 0 Å². The van der Waals surface area contributed by atoms with E-state index in [1.165, 1.54) is 0 Å². The maximum Gasteiger partial charge on any atom is 0.409 e. The highest BCUT2D eigenvalue weighted by molar-refractivity contribution is 5.96. The molecule has 0 unspecified atom stereocenters. The molecule has 1 saturated heterocycles. The van der Waals surface area contributed by atoms with E-state index in [1.54, 1.807) is 36.2 Å². The Kier molecular flexibility index (Phi) is 8.03. The van der Waals surface area contributed by atoms with Crippen molar-refractivity contribution in [2.24, 2.45) is 0 Å². The SMILES string of the molecule is CCOC(=O)N1CCC(NC(=O)CC(=O)N(C)CCc2ccncc2)CC1. The van der Waals surface area contributed by atoms with Gasteiger partial charge in [-0.15, -0.1) is 0 Å². The molecule has 0 bridgehead atoms. The molecule has 3 amide bonds. The molecule has 1 aliphatic heterocycles. The number of hydrogen-bond acceptors (Lipinski definition) is 5. The number of ether oxygens (including phenoxy) is 1. The van der Waals surface area contributed by atoms with Crippen molar-refractivity contribution in [1.82, 2.24) is 20.1 Å². The van der Waals surface area contributed by atoms with Crippen molar-refractivity contribution in [3.63, 3.8) is 0 Å². The third-order valence-corrected chi connectivity index (χ3v) is 4.61. The van der Waals surface area contributed by atoms with Crippen molar-refractivity contribution in [2.45, 2.75) is 38.6 Å². The second-order valence-electron chi connectivity index (χ2n) is 6.63. The molecule has 1 N–H and O–H groups in total. The summed E-state index contributed by atoms with van der Waals surface area (Å²) in [6.07, 6.45) is 5.01. The van der Waals surface area contributed by atoms with E-state index >= 15 is 0 Å². The zero-order valence-electron chi connectivity index (χ0n) is 16.0. The lowest BCUT2D eigenvalue weighted by Crippen LogP contribution is -2.47. The molecule has 0 aromatic carbocycles. The minimum absolute atomic E-state index is 0.0156. The number of hydrogen-bond donors (Lipinski definition) is 1. The summed E-state index contributed by atoms with van der Waals surface area (Å²) < 4.78 is 4.98. The molecular formula is C19H28N4O4. The summed E-state index contributed by atoms with van der Waals surface area (Å²) in [4.78, 5) is 43.2. The molecular weight excluding hydrogens is 348 g/mol. The van der Waals surface area contributed by atoms with Crippen LogP contribution in [0.5, 0.6) is 0 Å². The Labute approximate surface area is 159 Å². The van der Waals surface area contributed by atoms with Crippen molar-refractivity contribution >= 4 is 17.9 Å². The maximum absolute atomic E-state index is 12.2. The summed E-state index contributed by atoms with van der Waals surface area (Å²) in [5.41, 5.74) is 1.10. The van der Waals surface area contributed by atoms with Crippen molar-refractivity contribution in [3.05, 3.63) is 30.1 Å². The summed E-state index contributed by atoms with van der Waals surface area (Å²) in [7, 11) is 1.70. The number of likely N-dealkylation sites (N-methyl/N-ethyl adjacent to an activating group) is 1. The van der Waals surface area contributed by atoms with Crippen molar-refractivity contribution in [2.75, 3.05) is 33.3 Å². The minimum atomic E-state index is -0.312. The highest BCUT2D eigenvalue weighted by Crippen LogP contribution is 2.12. The predicted molar refractivity (Wildman–Crippen MR) is 100.0 cm³/mol. The third kappa shape index (κ3) is 6.88. The number of nitrogens with zero attached hydrogens (tertiary/aromatic N) is 3. The fourth-order valence-corrected chi connectivity index (χ4v) is 2.94. The molecule has 0 saturated carbocycles. The number of amides is 3. The van der Waals surface area contributed by atoms with Crippen LogP contribution in [0.1, 0.15) is 31.7 Å². The Bertz CT molecular complexity index is 630. The molecule has 8 heteroatoms. The Morgan fingerprint density at radius 2 is 1.93 bits per heavy atom. The second-order valence-corrected chi connectivity index (χ2v) is 6.63. The van der Waals surface area contributed by atoms with Gasteiger partial charge in [-0.05, 0) is 43.9 Å². The predicted octanol–water partition coefficient (Wildman–Crippen LogP) is 1.21. The largest absolute Gasteiger partial charge is 0.450 e. The van der Waals surface area contributed by atoms with Crippen LogP contribution in [0, 0.1) is 0 Å². The molecule has 1 aliphatic rings. The van der Waals surface area contributed by atoms with Gasteiger partial charge in [0.1, 0.15) is 6.42 Å². The lowest BCUT2D eigenvalue weighted by molar-refractivity contribution is -0.135. The van der Waals surface area contributed by atoms with Crippen molar-refractivity contribution < 1.29 is 19.1 Å². The molecule has 1 fully saturated rings. The van der Waals surface area contributed by atoms with Gasteiger partial charge in [0.05, 0.1) is 6.61 Å². The van der Waals surface area contributed by atoms with Crippen LogP contribution in [0.3, 0.4) is 0 Å². The van der Waals surface area contributed by atoms with Gasteiger partial charge in [-0.2, -0.15) is 0 Å². The first-order valence-corrected chi connectivity index (χ1v) is 9.33. The maximum atomic E-state index is 12.2. The first kappa shape index (κ1) is 20.7. The topological polar surface area (TPSA) is 91.8 Å². The molecule has 1 aromatic rings. The highest BCUT2D eigenvalue weighted by atomic mass is 16.6. The van der Waals surface area contributed by atoms with Gasteiger partial charge in [0.2, 0.25) is 11.8 Å². The molecule has 0 radical (unpaired) electrons. The van der Waals surface area contributed by atoms with Gasteiger partial charge in [0, 0.05) is 45.1 Å². The summed E-state index contributed by atoms with van der Waals surface area (Å²) in [6.45, 7) is 3.77. The van der Waals surface area contributed by atoms with Gasteiger partial charge < -0.3 is 19.9 Å². The number of aromatic nitrogens is 1. The Morgan fingerprint density at radius 1 is 1.26 bits per heavy atom. The quantitative estimate of drug-likeness (QED) is 0.722. The zero-order valence-corrected chi connectivity index (χ0v) is 16.0. The molecule has 0 atom stereocenters. The number of carbonyl (C=O) groups is 3. The first-order valence-electron chi connectivity index (χ1n) is 9.33. The Hall–Kier alpha value is -2.64. The van der Waals surface area contributed by atoms with E-state index < -0.39 is 0 Å². The fraction of sp³-hybridized carbons (Fsp3) is 0.579. The lowest BCUT2D eigenvalue weighted by atomic mass is 10.1. The number of rotatable bonds is 7. The first-order chi connectivity index (χ1) is 13.0. The van der Waals surface area contributed by atoms with Crippen LogP contribution >= 0.6 is 0 Å². The highest BCUT2D eigenvalue weighted by Gasteiger charge is 2.25. The molecule has 0 aliphatic carbocycles. The number of likely N-dealkylation sites (tertiary alicyclic amines) is 1. The average Bonchev–Trinajstić information content (AvgIpc) is 2.67. The van der Waals surface area contributed by atoms with E-state index in [2.05, 4.69) is 10.3 Å². The molecule has 8 nitrogen and oxygen atoms in total. The summed E-state index contributed by atoms with van der Waals surface area (Å²) in [6, 6.07) is 3.81. The second kappa shape index (κ2) is 10.5. The number of piperidine rings is 1. The van der Waals surface area contributed by atoms with Crippen LogP contribution in [0.15, 0.2) is 24.5 Å². The lowest BCUT2D eigenvalue weighted by Gasteiger charge is -2.31. The van der Waals surface area contributed by atoms with E-state index in [0.29, 0.717) is 39.1 Å². The van der Waals surface area contributed by atoms with E-state index in [9.17, 15) is 14.4 Å². The van der Waals surface area contributed by atoms with E-state index in [-0.39, 0.29) is 30.4 Å². The van der Waals surface area contributed by atoms with Gasteiger partial charge in [-0.25, -0.2) is 4.79 Å². The normalized spacial score (nSPS) is 14.5. The van der Waals surface area contributed by atoms with E-state index in [0.717, 1.165) is 12.0 Å². The van der Waals surface area contributed by atoms with Gasteiger partial charge in [-0.1, -0.05) is 0 Å². The third-order valence-electron chi connectivity index (χ3n) is 4.61. The summed E-state index contributed by atoms with van der Waals surface area (Å²) >= 11 is 0. The van der Waals surface area contributed by atoms with E-state index in [1.807, 2.05) is 12.1 Å². The molecule has 2 rings (SSSR count).